The lowest BCUT2D eigenvalue weighted by molar-refractivity contribution is 1.28. The fourth-order valence-electron chi connectivity index (χ4n) is 8.31. The summed E-state index contributed by atoms with van der Waals surface area (Å²) in [6.45, 7) is 0. The van der Waals surface area contributed by atoms with Crippen LogP contribution in [0.25, 0.3) is 77.2 Å². The van der Waals surface area contributed by atoms with Gasteiger partial charge in [-0.3, -0.25) is 0 Å². The van der Waals surface area contributed by atoms with Gasteiger partial charge in [-0.1, -0.05) is 206 Å². The van der Waals surface area contributed by atoms with Crippen LogP contribution < -0.4 is 4.90 Å². The number of nitrogens with zero attached hydrogens (tertiary/aromatic N) is 1. The lowest BCUT2D eigenvalue weighted by atomic mass is 9.93. The van der Waals surface area contributed by atoms with Crippen molar-refractivity contribution in [2.24, 2.45) is 0 Å². The van der Waals surface area contributed by atoms with Crippen molar-refractivity contribution in [2.45, 2.75) is 0 Å². The fraction of sp³-hybridized carbons (Fsp3) is 0. The third-order valence-corrected chi connectivity index (χ3v) is 11.1. The molecule has 0 unspecified atom stereocenters. The molecule has 268 valence electrons. The zero-order valence-corrected chi connectivity index (χ0v) is 31.5. The lowest BCUT2D eigenvalue weighted by Gasteiger charge is -2.30. The second-order valence-corrected chi connectivity index (χ2v) is 14.5. The molecule has 0 atom stereocenters. The summed E-state index contributed by atoms with van der Waals surface area (Å²) in [5.41, 5.74) is 15.2. The molecule has 0 aliphatic heterocycles. The van der Waals surface area contributed by atoms with E-state index in [1.54, 1.807) is 0 Å². The average Bonchev–Trinajstić information content (AvgIpc) is 3.30. The summed E-state index contributed by atoms with van der Waals surface area (Å²) in [5, 5.41) is 4.99. The number of anilines is 3. The minimum Gasteiger partial charge on any atom is -0.309 e. The highest BCUT2D eigenvalue weighted by atomic mass is 15.1. The summed E-state index contributed by atoms with van der Waals surface area (Å²) < 4.78 is 0. The molecule has 57 heavy (non-hydrogen) atoms. The minimum atomic E-state index is 1.08. The van der Waals surface area contributed by atoms with Crippen LogP contribution in [0.4, 0.5) is 17.1 Å². The van der Waals surface area contributed by atoms with Gasteiger partial charge in [0.2, 0.25) is 0 Å². The molecule has 0 aliphatic rings. The number of hydrogen-bond acceptors (Lipinski definition) is 1. The molecule has 0 aromatic heterocycles. The first-order valence-electron chi connectivity index (χ1n) is 19.6. The van der Waals surface area contributed by atoms with Gasteiger partial charge >= 0.3 is 0 Å². The molecule has 1 nitrogen and oxygen atoms in total. The second kappa shape index (κ2) is 15.0. The molecule has 0 aliphatic carbocycles. The third-order valence-electron chi connectivity index (χ3n) is 11.1. The molecular formula is C56H39N. The number of fused-ring (bicyclic) bond motifs is 2. The Morgan fingerprint density at radius 2 is 0.667 bits per heavy atom. The van der Waals surface area contributed by atoms with Crippen molar-refractivity contribution in [2.75, 3.05) is 4.90 Å². The predicted molar refractivity (Wildman–Crippen MR) is 243 cm³/mol. The molecule has 10 aromatic rings. The largest absolute Gasteiger partial charge is 0.309 e. The molecule has 0 saturated heterocycles. The van der Waals surface area contributed by atoms with E-state index < -0.39 is 0 Å². The van der Waals surface area contributed by atoms with E-state index in [0.717, 1.165) is 22.6 Å². The van der Waals surface area contributed by atoms with Gasteiger partial charge in [-0.15, -0.1) is 0 Å². The van der Waals surface area contributed by atoms with Gasteiger partial charge in [0.15, 0.2) is 0 Å². The summed E-state index contributed by atoms with van der Waals surface area (Å²) in [6, 6.07) is 85.7. The Morgan fingerprint density at radius 3 is 1.32 bits per heavy atom. The molecule has 0 saturated carbocycles. The molecule has 0 N–H and O–H groups in total. The number of rotatable bonds is 8. The fourth-order valence-corrected chi connectivity index (χ4v) is 8.31. The van der Waals surface area contributed by atoms with Gasteiger partial charge in [-0.2, -0.15) is 0 Å². The Balaban J connectivity index is 1.16. The van der Waals surface area contributed by atoms with Crippen molar-refractivity contribution in [3.63, 3.8) is 0 Å². The molecule has 0 amide bonds. The van der Waals surface area contributed by atoms with Gasteiger partial charge in [-0.25, -0.2) is 0 Å². The SMILES string of the molecule is c1ccc(-c2ccccc2N(c2ccc(-c3cccc(-c4cccc5ccccc45)c3)cc2)c2cc(-c3cccc4ccccc34)ccc2-c2ccccc2)cc1. The summed E-state index contributed by atoms with van der Waals surface area (Å²) in [4.78, 5) is 2.45. The van der Waals surface area contributed by atoms with Crippen molar-refractivity contribution in [1.29, 1.82) is 0 Å². The van der Waals surface area contributed by atoms with Crippen molar-refractivity contribution < 1.29 is 0 Å². The van der Waals surface area contributed by atoms with Crippen LogP contribution in [0.5, 0.6) is 0 Å². The first kappa shape index (κ1) is 34.0. The molecule has 0 fully saturated rings. The maximum Gasteiger partial charge on any atom is 0.0546 e. The molecule has 0 radical (unpaired) electrons. The van der Waals surface area contributed by atoms with E-state index >= 15 is 0 Å². The smallest absolute Gasteiger partial charge is 0.0546 e. The predicted octanol–water partition coefficient (Wildman–Crippen LogP) is 15.8. The van der Waals surface area contributed by atoms with Gasteiger partial charge in [0.25, 0.3) is 0 Å². The Labute approximate surface area is 334 Å². The maximum absolute atomic E-state index is 2.45. The first-order chi connectivity index (χ1) is 28.3. The highest BCUT2D eigenvalue weighted by molar-refractivity contribution is 6.01. The van der Waals surface area contributed by atoms with Crippen LogP contribution in [0, 0.1) is 0 Å². The van der Waals surface area contributed by atoms with Crippen LogP contribution in [-0.4, -0.2) is 0 Å². The Bertz CT molecular complexity index is 2990. The normalized spacial score (nSPS) is 11.2. The van der Waals surface area contributed by atoms with Gasteiger partial charge in [0.05, 0.1) is 11.4 Å². The zero-order chi connectivity index (χ0) is 38.0. The molecule has 10 aromatic carbocycles. The molecule has 10 rings (SSSR count). The van der Waals surface area contributed by atoms with E-state index in [-0.39, 0.29) is 0 Å². The first-order valence-corrected chi connectivity index (χ1v) is 19.6. The van der Waals surface area contributed by atoms with Gasteiger partial charge < -0.3 is 4.90 Å². The van der Waals surface area contributed by atoms with E-state index in [1.807, 2.05) is 0 Å². The van der Waals surface area contributed by atoms with Crippen LogP contribution in [0.15, 0.2) is 237 Å². The molecule has 0 spiro atoms. The molecule has 1 heteroatoms. The third kappa shape index (κ3) is 6.56. The highest BCUT2D eigenvalue weighted by Gasteiger charge is 2.22. The van der Waals surface area contributed by atoms with E-state index in [1.165, 1.54) is 71.6 Å². The molecular weight excluding hydrogens is 687 g/mol. The lowest BCUT2D eigenvalue weighted by Crippen LogP contribution is -2.12. The van der Waals surface area contributed by atoms with Crippen molar-refractivity contribution >= 4 is 38.6 Å². The second-order valence-electron chi connectivity index (χ2n) is 14.5. The van der Waals surface area contributed by atoms with Crippen LogP contribution in [-0.2, 0) is 0 Å². The van der Waals surface area contributed by atoms with Crippen LogP contribution in [0.2, 0.25) is 0 Å². The average molecular weight is 726 g/mol. The summed E-state index contributed by atoms with van der Waals surface area (Å²) in [6.07, 6.45) is 0. The Morgan fingerprint density at radius 1 is 0.228 bits per heavy atom. The summed E-state index contributed by atoms with van der Waals surface area (Å²) in [5.74, 6) is 0. The molecule has 0 heterocycles. The van der Waals surface area contributed by atoms with E-state index in [4.69, 9.17) is 0 Å². The van der Waals surface area contributed by atoms with E-state index in [9.17, 15) is 0 Å². The number of benzene rings is 10. The van der Waals surface area contributed by atoms with Gasteiger partial charge in [0, 0.05) is 16.8 Å². The monoisotopic (exact) mass is 725 g/mol. The van der Waals surface area contributed by atoms with Crippen molar-refractivity contribution in [3.8, 4) is 55.6 Å². The highest BCUT2D eigenvalue weighted by Crippen LogP contribution is 2.47. The Kier molecular flexibility index (Phi) is 8.95. The van der Waals surface area contributed by atoms with Gasteiger partial charge in [-0.05, 0) is 96.4 Å². The number of hydrogen-bond donors (Lipinski definition) is 0. The standard InChI is InChI=1S/C56H39N/c1-3-16-43(17-4-1)53-28-11-12-31-55(53)57(48-35-32-40(33-36-48)45-24-13-25-46(38-45)51-29-14-22-41-20-7-9-26-49(41)51)56-39-47(34-37-54(56)44-18-5-2-6-19-44)52-30-15-23-42-21-8-10-27-50(42)52/h1-39H. The van der Waals surface area contributed by atoms with E-state index in [2.05, 4.69) is 241 Å². The minimum absolute atomic E-state index is 1.08. The van der Waals surface area contributed by atoms with Crippen LogP contribution in [0.3, 0.4) is 0 Å². The Hall–Kier alpha value is -7.48. The topological polar surface area (TPSA) is 3.24 Å². The van der Waals surface area contributed by atoms with Crippen molar-refractivity contribution in [1.82, 2.24) is 0 Å². The number of para-hydroxylation sites is 1. The van der Waals surface area contributed by atoms with Gasteiger partial charge in [0.1, 0.15) is 0 Å². The van der Waals surface area contributed by atoms with Crippen molar-refractivity contribution in [3.05, 3.63) is 237 Å². The van der Waals surface area contributed by atoms with E-state index in [0.29, 0.717) is 0 Å². The quantitative estimate of drug-likeness (QED) is 0.151. The zero-order valence-electron chi connectivity index (χ0n) is 31.5. The summed E-state index contributed by atoms with van der Waals surface area (Å²) >= 11 is 0. The maximum atomic E-state index is 2.45. The summed E-state index contributed by atoms with van der Waals surface area (Å²) in [7, 11) is 0. The van der Waals surface area contributed by atoms with Crippen LogP contribution >= 0.6 is 0 Å². The van der Waals surface area contributed by atoms with Crippen LogP contribution in [0.1, 0.15) is 0 Å². The molecule has 0 bridgehead atoms.